The van der Waals surface area contributed by atoms with Crippen molar-refractivity contribution in [3.63, 3.8) is 0 Å². The minimum Gasteiger partial charge on any atom is -0.371 e. The van der Waals surface area contributed by atoms with E-state index in [1.807, 2.05) is 6.07 Å². The van der Waals surface area contributed by atoms with Crippen LogP contribution in [0.5, 0.6) is 0 Å². The van der Waals surface area contributed by atoms with Crippen molar-refractivity contribution in [2.45, 2.75) is 26.2 Å². The van der Waals surface area contributed by atoms with Crippen LogP contribution in [0.3, 0.4) is 0 Å². The number of anilines is 1. The van der Waals surface area contributed by atoms with Crippen LogP contribution in [0.1, 0.15) is 26.2 Å². The maximum Gasteiger partial charge on any atom is 0.0628 e. The predicted octanol–water partition coefficient (Wildman–Crippen LogP) is 3.21. The topological polar surface area (TPSA) is 27.0 Å². The third-order valence-corrected chi connectivity index (χ3v) is 3.44. The molecule has 0 saturated heterocycles. The van der Waals surface area contributed by atoms with Gasteiger partial charge in [0.2, 0.25) is 0 Å². The summed E-state index contributed by atoms with van der Waals surface area (Å²) in [5, 5.41) is 8.83. The van der Waals surface area contributed by atoms with Crippen LogP contribution in [0.25, 0.3) is 0 Å². The Kier molecular flexibility index (Phi) is 3.14. The van der Waals surface area contributed by atoms with Crippen molar-refractivity contribution < 1.29 is 0 Å². The standard InChI is InChI=1S/C14H18N2/c1-2-16(13-6-4-3-5-7-13)12-14(8-9-14)10-11-15/h3-7H,2,8-10,12H2,1H3. The summed E-state index contributed by atoms with van der Waals surface area (Å²) in [6.07, 6.45) is 3.13. The molecule has 1 aliphatic carbocycles. The lowest BCUT2D eigenvalue weighted by atomic mass is 10.0. The number of nitriles is 1. The van der Waals surface area contributed by atoms with Crippen molar-refractivity contribution >= 4 is 5.69 Å². The van der Waals surface area contributed by atoms with Gasteiger partial charge in [-0.1, -0.05) is 18.2 Å². The van der Waals surface area contributed by atoms with E-state index in [1.165, 1.54) is 18.5 Å². The van der Waals surface area contributed by atoms with Gasteiger partial charge in [-0.05, 0) is 31.9 Å². The molecule has 0 heterocycles. The Hall–Kier alpha value is -1.49. The van der Waals surface area contributed by atoms with Crippen molar-refractivity contribution in [2.24, 2.45) is 5.41 Å². The first kappa shape index (κ1) is 11.0. The van der Waals surface area contributed by atoms with Crippen LogP contribution in [0.15, 0.2) is 30.3 Å². The van der Waals surface area contributed by atoms with Gasteiger partial charge in [0, 0.05) is 30.6 Å². The molecule has 1 aromatic rings. The number of rotatable bonds is 5. The van der Waals surface area contributed by atoms with E-state index in [0.717, 1.165) is 13.1 Å². The lowest BCUT2D eigenvalue weighted by Gasteiger charge is -2.27. The molecule has 1 saturated carbocycles. The normalized spacial score (nSPS) is 16.5. The molecule has 0 bridgehead atoms. The highest BCUT2D eigenvalue weighted by Gasteiger charge is 2.43. The van der Waals surface area contributed by atoms with Crippen molar-refractivity contribution in [3.8, 4) is 6.07 Å². The molecule has 84 valence electrons. The Labute approximate surface area is 97.5 Å². The summed E-state index contributed by atoms with van der Waals surface area (Å²) in [5.41, 5.74) is 1.56. The number of para-hydroxylation sites is 1. The minimum atomic E-state index is 0.292. The molecule has 0 aromatic heterocycles. The molecule has 0 unspecified atom stereocenters. The molecule has 2 rings (SSSR count). The van der Waals surface area contributed by atoms with Crippen LogP contribution in [-0.4, -0.2) is 13.1 Å². The zero-order chi connectivity index (χ0) is 11.4. The van der Waals surface area contributed by atoms with Crippen LogP contribution >= 0.6 is 0 Å². The Morgan fingerprint density at radius 3 is 2.50 bits per heavy atom. The summed E-state index contributed by atoms with van der Waals surface area (Å²) in [4.78, 5) is 2.38. The highest BCUT2D eigenvalue weighted by molar-refractivity contribution is 5.46. The summed E-state index contributed by atoms with van der Waals surface area (Å²) in [6, 6.07) is 12.8. The summed E-state index contributed by atoms with van der Waals surface area (Å²) in [5.74, 6) is 0. The van der Waals surface area contributed by atoms with E-state index < -0.39 is 0 Å². The lowest BCUT2D eigenvalue weighted by Crippen LogP contribution is -2.30. The van der Waals surface area contributed by atoms with Gasteiger partial charge in [0.05, 0.1) is 6.07 Å². The Morgan fingerprint density at radius 1 is 1.31 bits per heavy atom. The average Bonchev–Trinajstić information content (AvgIpc) is 3.08. The Morgan fingerprint density at radius 2 is 2.00 bits per heavy atom. The molecule has 1 aliphatic rings. The van der Waals surface area contributed by atoms with Gasteiger partial charge in [-0.25, -0.2) is 0 Å². The smallest absolute Gasteiger partial charge is 0.0628 e. The van der Waals surface area contributed by atoms with Gasteiger partial charge in [-0.15, -0.1) is 0 Å². The second kappa shape index (κ2) is 4.57. The Balaban J connectivity index is 2.05. The number of hydrogen-bond donors (Lipinski definition) is 0. The van der Waals surface area contributed by atoms with Crippen molar-refractivity contribution in [2.75, 3.05) is 18.0 Å². The van der Waals surface area contributed by atoms with E-state index in [0.29, 0.717) is 11.8 Å². The Bertz CT molecular complexity index is 373. The molecule has 2 heteroatoms. The van der Waals surface area contributed by atoms with Gasteiger partial charge < -0.3 is 4.90 Å². The van der Waals surface area contributed by atoms with Gasteiger partial charge in [-0.3, -0.25) is 0 Å². The second-order valence-electron chi connectivity index (χ2n) is 4.68. The lowest BCUT2D eigenvalue weighted by molar-refractivity contribution is 0.513. The third kappa shape index (κ3) is 2.36. The largest absolute Gasteiger partial charge is 0.371 e. The first-order chi connectivity index (χ1) is 7.79. The first-order valence-electron chi connectivity index (χ1n) is 5.97. The molecule has 0 radical (unpaired) electrons. The van der Waals surface area contributed by atoms with E-state index >= 15 is 0 Å². The molecule has 0 aliphatic heterocycles. The van der Waals surface area contributed by atoms with Crippen LogP contribution in [0.4, 0.5) is 5.69 Å². The zero-order valence-corrected chi connectivity index (χ0v) is 9.82. The molecular weight excluding hydrogens is 196 g/mol. The SMILES string of the molecule is CCN(CC1(CC#N)CC1)c1ccccc1. The van der Waals surface area contributed by atoms with E-state index in [4.69, 9.17) is 5.26 Å². The monoisotopic (exact) mass is 214 g/mol. The molecule has 16 heavy (non-hydrogen) atoms. The van der Waals surface area contributed by atoms with Crippen molar-refractivity contribution in [3.05, 3.63) is 30.3 Å². The van der Waals surface area contributed by atoms with Gasteiger partial charge >= 0.3 is 0 Å². The van der Waals surface area contributed by atoms with E-state index in [-0.39, 0.29) is 0 Å². The predicted molar refractivity (Wildman–Crippen MR) is 66.2 cm³/mol. The maximum atomic E-state index is 8.83. The molecule has 0 amide bonds. The van der Waals surface area contributed by atoms with Gasteiger partial charge in [-0.2, -0.15) is 5.26 Å². The highest BCUT2D eigenvalue weighted by atomic mass is 15.1. The van der Waals surface area contributed by atoms with E-state index in [1.54, 1.807) is 0 Å². The molecule has 1 fully saturated rings. The third-order valence-electron chi connectivity index (χ3n) is 3.44. The molecule has 0 atom stereocenters. The van der Waals surface area contributed by atoms with Gasteiger partial charge in [0.15, 0.2) is 0 Å². The quantitative estimate of drug-likeness (QED) is 0.752. The molecule has 1 aromatic carbocycles. The molecule has 0 spiro atoms. The van der Waals surface area contributed by atoms with Gasteiger partial charge in [0.1, 0.15) is 0 Å². The molecule has 2 nitrogen and oxygen atoms in total. The van der Waals surface area contributed by atoms with Gasteiger partial charge in [0.25, 0.3) is 0 Å². The summed E-state index contributed by atoms with van der Waals surface area (Å²) < 4.78 is 0. The molecule has 0 N–H and O–H groups in total. The molecular formula is C14H18N2. The summed E-state index contributed by atoms with van der Waals surface area (Å²) in [7, 11) is 0. The summed E-state index contributed by atoms with van der Waals surface area (Å²) >= 11 is 0. The van der Waals surface area contributed by atoms with Crippen molar-refractivity contribution in [1.82, 2.24) is 0 Å². The van der Waals surface area contributed by atoms with E-state index in [2.05, 4.69) is 42.2 Å². The van der Waals surface area contributed by atoms with Crippen molar-refractivity contribution in [1.29, 1.82) is 5.26 Å². The fourth-order valence-electron chi connectivity index (χ4n) is 2.16. The minimum absolute atomic E-state index is 0.292. The number of nitrogens with zero attached hydrogens (tertiary/aromatic N) is 2. The van der Waals surface area contributed by atoms with Crippen LogP contribution in [-0.2, 0) is 0 Å². The number of hydrogen-bond acceptors (Lipinski definition) is 2. The zero-order valence-electron chi connectivity index (χ0n) is 9.82. The summed E-state index contributed by atoms with van der Waals surface area (Å²) in [6.45, 7) is 4.22. The van der Waals surface area contributed by atoms with Crippen LogP contribution < -0.4 is 4.90 Å². The van der Waals surface area contributed by atoms with E-state index in [9.17, 15) is 0 Å². The fourth-order valence-corrected chi connectivity index (χ4v) is 2.16. The van der Waals surface area contributed by atoms with Crippen LogP contribution in [0, 0.1) is 16.7 Å². The van der Waals surface area contributed by atoms with Crippen LogP contribution in [0.2, 0.25) is 0 Å². The number of benzene rings is 1. The average molecular weight is 214 g/mol. The first-order valence-corrected chi connectivity index (χ1v) is 5.97. The highest BCUT2D eigenvalue weighted by Crippen LogP contribution is 2.49. The fraction of sp³-hybridized carbons (Fsp3) is 0.500. The second-order valence-corrected chi connectivity index (χ2v) is 4.68. The maximum absolute atomic E-state index is 8.83.